The van der Waals surface area contributed by atoms with Crippen molar-refractivity contribution in [1.82, 2.24) is 4.98 Å². The molecule has 4 rings (SSSR count). The van der Waals surface area contributed by atoms with Crippen LogP contribution in [0.3, 0.4) is 0 Å². The van der Waals surface area contributed by atoms with E-state index in [0.717, 1.165) is 52.6 Å². The maximum Gasteiger partial charge on any atom is 0.127 e. The van der Waals surface area contributed by atoms with Crippen LogP contribution < -0.4 is 15.0 Å². The van der Waals surface area contributed by atoms with Crippen LogP contribution in [0.15, 0.2) is 85.1 Å². The molecule has 0 unspecified atom stereocenters. The number of pyridine rings is 1. The number of anilines is 3. The monoisotopic (exact) mass is 487 g/mol. The summed E-state index contributed by atoms with van der Waals surface area (Å²) in [4.78, 5) is 6.57. The molecule has 3 aromatic carbocycles. The third-order valence-electron chi connectivity index (χ3n) is 4.93. The summed E-state index contributed by atoms with van der Waals surface area (Å²) < 4.78 is 6.00. The number of fused-ring (bicyclic) bond motifs is 1. The SMILES string of the molecule is Cl.ClCCN(CCCl)c1ccc(Oc2ccc(Nc3ccnc4ccccc34)cc2)cc1. The van der Waals surface area contributed by atoms with Crippen LogP contribution in [-0.4, -0.2) is 29.8 Å². The van der Waals surface area contributed by atoms with Gasteiger partial charge in [0, 0.05) is 53.5 Å². The van der Waals surface area contributed by atoms with Gasteiger partial charge >= 0.3 is 0 Å². The van der Waals surface area contributed by atoms with E-state index in [9.17, 15) is 0 Å². The average Bonchev–Trinajstić information content (AvgIpc) is 2.81. The van der Waals surface area contributed by atoms with Crippen LogP contribution in [-0.2, 0) is 0 Å². The van der Waals surface area contributed by atoms with Crippen molar-refractivity contribution >= 4 is 63.6 Å². The quantitative estimate of drug-likeness (QED) is 0.248. The second kappa shape index (κ2) is 11.8. The summed E-state index contributed by atoms with van der Waals surface area (Å²) in [6.45, 7) is 1.52. The number of aromatic nitrogens is 1. The highest BCUT2D eigenvalue weighted by Gasteiger charge is 2.06. The predicted octanol–water partition coefficient (Wildman–Crippen LogP) is 7.48. The normalized spacial score (nSPS) is 10.4. The lowest BCUT2D eigenvalue weighted by molar-refractivity contribution is 0.483. The van der Waals surface area contributed by atoms with Crippen molar-refractivity contribution < 1.29 is 4.74 Å². The van der Waals surface area contributed by atoms with Gasteiger partial charge in [-0.05, 0) is 60.7 Å². The molecule has 0 atom stereocenters. The van der Waals surface area contributed by atoms with E-state index < -0.39 is 0 Å². The molecular formula is C25H24Cl3N3O. The van der Waals surface area contributed by atoms with E-state index in [4.69, 9.17) is 27.9 Å². The number of ether oxygens (including phenoxy) is 1. The van der Waals surface area contributed by atoms with Crippen LogP contribution in [0.1, 0.15) is 0 Å². The maximum atomic E-state index is 6.00. The van der Waals surface area contributed by atoms with Crippen LogP contribution in [0.5, 0.6) is 11.5 Å². The second-order valence-corrected chi connectivity index (χ2v) is 7.74. The minimum Gasteiger partial charge on any atom is -0.457 e. The summed E-state index contributed by atoms with van der Waals surface area (Å²) in [6, 6.07) is 25.9. The third kappa shape index (κ3) is 5.98. The van der Waals surface area contributed by atoms with Crippen LogP contribution in [0.2, 0.25) is 0 Å². The van der Waals surface area contributed by atoms with Crippen molar-refractivity contribution in [3.8, 4) is 11.5 Å². The molecule has 0 spiro atoms. The number of halogens is 3. The van der Waals surface area contributed by atoms with Crippen LogP contribution in [0, 0.1) is 0 Å². The van der Waals surface area contributed by atoms with Gasteiger partial charge in [-0.25, -0.2) is 0 Å². The van der Waals surface area contributed by atoms with Crippen LogP contribution in [0.25, 0.3) is 10.9 Å². The van der Waals surface area contributed by atoms with E-state index in [1.807, 2.05) is 79.0 Å². The van der Waals surface area contributed by atoms with E-state index in [1.54, 1.807) is 0 Å². The number of nitrogens with zero attached hydrogens (tertiary/aromatic N) is 2. The van der Waals surface area contributed by atoms with Crippen molar-refractivity contribution in [2.24, 2.45) is 0 Å². The molecule has 0 aliphatic heterocycles. The van der Waals surface area contributed by atoms with Gasteiger partial charge in [-0.2, -0.15) is 0 Å². The first-order valence-corrected chi connectivity index (χ1v) is 11.2. The lowest BCUT2D eigenvalue weighted by Crippen LogP contribution is -2.27. The van der Waals surface area contributed by atoms with Crippen molar-refractivity contribution in [2.45, 2.75) is 0 Å². The molecule has 1 heterocycles. The molecule has 166 valence electrons. The minimum absolute atomic E-state index is 0. The maximum absolute atomic E-state index is 6.00. The Morgan fingerprint density at radius 2 is 1.41 bits per heavy atom. The molecule has 0 saturated heterocycles. The molecule has 1 N–H and O–H groups in total. The van der Waals surface area contributed by atoms with E-state index >= 15 is 0 Å². The van der Waals surface area contributed by atoms with Crippen molar-refractivity contribution in [3.05, 3.63) is 85.1 Å². The molecule has 0 fully saturated rings. The predicted molar refractivity (Wildman–Crippen MR) is 139 cm³/mol. The number of alkyl halides is 2. The summed E-state index contributed by atoms with van der Waals surface area (Å²) in [7, 11) is 0. The van der Waals surface area contributed by atoms with Gasteiger partial charge in [0.05, 0.1) is 5.52 Å². The van der Waals surface area contributed by atoms with E-state index in [-0.39, 0.29) is 12.4 Å². The van der Waals surface area contributed by atoms with Gasteiger partial charge in [0.15, 0.2) is 0 Å². The molecule has 4 nitrogen and oxygen atoms in total. The number of rotatable bonds is 9. The standard InChI is InChI=1S/C25H23Cl2N3O.ClH/c26-14-17-30(18-15-27)20-7-11-22(12-8-20)31-21-9-5-19(6-10-21)29-25-13-16-28-24-4-2-1-3-23(24)25;/h1-13,16H,14-15,17-18H2,(H,28,29);1H. The first-order valence-electron chi connectivity index (χ1n) is 10.1. The van der Waals surface area contributed by atoms with Crippen LogP contribution >= 0.6 is 35.6 Å². The Balaban J connectivity index is 0.00000289. The number of benzene rings is 3. The first kappa shape index (κ1) is 24.0. The van der Waals surface area contributed by atoms with Gasteiger partial charge in [0.25, 0.3) is 0 Å². The van der Waals surface area contributed by atoms with Crippen molar-refractivity contribution in [1.29, 1.82) is 0 Å². The van der Waals surface area contributed by atoms with Gasteiger partial charge in [-0.3, -0.25) is 4.98 Å². The molecule has 1 aromatic heterocycles. The molecule has 0 saturated carbocycles. The smallest absolute Gasteiger partial charge is 0.127 e. The Morgan fingerprint density at radius 1 is 0.781 bits per heavy atom. The summed E-state index contributed by atoms with van der Waals surface area (Å²) in [5, 5.41) is 4.55. The Labute approximate surface area is 204 Å². The first-order chi connectivity index (χ1) is 15.3. The Morgan fingerprint density at radius 3 is 2.06 bits per heavy atom. The minimum atomic E-state index is 0. The van der Waals surface area contributed by atoms with E-state index in [1.165, 1.54) is 0 Å². The van der Waals surface area contributed by atoms with Gasteiger partial charge in [-0.1, -0.05) is 18.2 Å². The van der Waals surface area contributed by atoms with E-state index in [0.29, 0.717) is 11.8 Å². The summed E-state index contributed by atoms with van der Waals surface area (Å²) in [5.41, 5.74) is 4.05. The number of para-hydroxylation sites is 1. The Hall–Kier alpha value is -2.66. The highest BCUT2D eigenvalue weighted by Crippen LogP contribution is 2.28. The number of hydrogen-bond donors (Lipinski definition) is 1. The molecule has 0 radical (unpaired) electrons. The largest absolute Gasteiger partial charge is 0.457 e. The summed E-state index contributed by atoms with van der Waals surface area (Å²) in [5.74, 6) is 2.67. The molecule has 0 amide bonds. The highest BCUT2D eigenvalue weighted by atomic mass is 35.5. The van der Waals surface area contributed by atoms with Gasteiger partial charge in [0.1, 0.15) is 11.5 Å². The number of hydrogen-bond acceptors (Lipinski definition) is 4. The lowest BCUT2D eigenvalue weighted by atomic mass is 10.2. The molecule has 0 bridgehead atoms. The molecule has 7 heteroatoms. The lowest BCUT2D eigenvalue weighted by Gasteiger charge is -2.23. The topological polar surface area (TPSA) is 37.4 Å². The summed E-state index contributed by atoms with van der Waals surface area (Å²) in [6.07, 6.45) is 1.81. The van der Waals surface area contributed by atoms with Gasteiger partial charge in [0.2, 0.25) is 0 Å². The van der Waals surface area contributed by atoms with Gasteiger partial charge < -0.3 is 15.0 Å². The molecule has 4 aromatic rings. The fourth-order valence-electron chi connectivity index (χ4n) is 3.40. The van der Waals surface area contributed by atoms with Crippen LogP contribution in [0.4, 0.5) is 17.1 Å². The molecule has 32 heavy (non-hydrogen) atoms. The molecule has 0 aliphatic carbocycles. The Bertz CT molecular complexity index is 1110. The number of nitrogens with one attached hydrogen (secondary N) is 1. The molecular weight excluding hydrogens is 465 g/mol. The average molecular weight is 489 g/mol. The zero-order chi connectivity index (χ0) is 21.5. The fourth-order valence-corrected chi connectivity index (χ4v) is 3.81. The van der Waals surface area contributed by atoms with E-state index in [2.05, 4.69) is 21.3 Å². The van der Waals surface area contributed by atoms with Crippen molar-refractivity contribution in [3.63, 3.8) is 0 Å². The zero-order valence-corrected chi connectivity index (χ0v) is 19.7. The second-order valence-electron chi connectivity index (χ2n) is 6.99. The molecule has 0 aliphatic rings. The third-order valence-corrected chi connectivity index (χ3v) is 5.27. The fraction of sp³-hybridized carbons (Fsp3) is 0.160. The zero-order valence-electron chi connectivity index (χ0n) is 17.4. The van der Waals surface area contributed by atoms with Gasteiger partial charge in [-0.15, -0.1) is 35.6 Å². The Kier molecular flexibility index (Phi) is 8.86. The highest BCUT2D eigenvalue weighted by molar-refractivity contribution is 6.18. The summed E-state index contributed by atoms with van der Waals surface area (Å²) >= 11 is 11.8. The van der Waals surface area contributed by atoms with Crippen molar-refractivity contribution in [2.75, 3.05) is 35.1 Å².